The van der Waals surface area contributed by atoms with E-state index in [4.69, 9.17) is 11.6 Å². The molecule has 6 heteroatoms. The van der Waals surface area contributed by atoms with Gasteiger partial charge in [-0.05, 0) is 6.07 Å². The monoisotopic (exact) mass is 268 g/mol. The minimum Gasteiger partial charge on any atom is -0.386 e. The molecule has 2 rings (SSSR count). The van der Waals surface area contributed by atoms with Gasteiger partial charge in [0.25, 0.3) is 0 Å². The lowest BCUT2D eigenvalue weighted by atomic mass is 10.1. The summed E-state index contributed by atoms with van der Waals surface area (Å²) >= 11 is 5.95. The van der Waals surface area contributed by atoms with E-state index in [0.717, 1.165) is 4.90 Å². The third kappa shape index (κ3) is 2.32. The van der Waals surface area contributed by atoms with Gasteiger partial charge in [-0.15, -0.1) is 0 Å². The lowest BCUT2D eigenvalue weighted by molar-refractivity contribution is -0.126. The molecule has 18 heavy (non-hydrogen) atoms. The molecule has 1 saturated heterocycles. The Balaban J connectivity index is 2.13. The lowest BCUT2D eigenvalue weighted by Gasteiger charge is -2.19. The number of likely N-dealkylation sites (N-methyl/N-ethyl adjacent to an activating group) is 1. The van der Waals surface area contributed by atoms with Gasteiger partial charge in [-0.2, -0.15) is 0 Å². The molecule has 0 radical (unpaired) electrons. The molecule has 5 nitrogen and oxygen atoms in total. The number of amides is 3. The van der Waals surface area contributed by atoms with Crippen molar-refractivity contribution in [2.45, 2.75) is 6.10 Å². The summed E-state index contributed by atoms with van der Waals surface area (Å²) in [6.45, 7) is -0.0280. The fourth-order valence-corrected chi connectivity index (χ4v) is 2.13. The van der Waals surface area contributed by atoms with Gasteiger partial charge in [-0.25, -0.2) is 4.79 Å². The van der Waals surface area contributed by atoms with Crippen LogP contribution in [0.2, 0.25) is 5.02 Å². The molecule has 0 aliphatic carbocycles. The van der Waals surface area contributed by atoms with Crippen molar-refractivity contribution >= 4 is 23.5 Å². The number of carbonyl (C=O) groups is 2. The van der Waals surface area contributed by atoms with E-state index in [1.165, 1.54) is 4.90 Å². The molecule has 1 unspecified atom stereocenters. The van der Waals surface area contributed by atoms with Gasteiger partial charge in [0.15, 0.2) is 0 Å². The van der Waals surface area contributed by atoms with Crippen LogP contribution in [0.15, 0.2) is 24.3 Å². The Kier molecular flexibility index (Phi) is 3.54. The maximum absolute atomic E-state index is 11.7. The molecule has 1 N–H and O–H groups in total. The summed E-state index contributed by atoms with van der Waals surface area (Å²) in [4.78, 5) is 25.6. The van der Waals surface area contributed by atoms with Crippen molar-refractivity contribution in [3.8, 4) is 0 Å². The van der Waals surface area contributed by atoms with E-state index < -0.39 is 12.1 Å². The quantitative estimate of drug-likeness (QED) is 0.840. The van der Waals surface area contributed by atoms with E-state index in [1.54, 1.807) is 31.3 Å². The number of carbonyl (C=O) groups excluding carboxylic acids is 2. The summed E-state index contributed by atoms with van der Waals surface area (Å²) in [5.41, 5.74) is 0.509. The molecule has 1 aromatic rings. The van der Waals surface area contributed by atoms with E-state index in [-0.39, 0.29) is 19.0 Å². The summed E-state index contributed by atoms with van der Waals surface area (Å²) in [5, 5.41) is 10.4. The smallest absolute Gasteiger partial charge is 0.327 e. The number of aliphatic hydroxyl groups is 1. The summed E-state index contributed by atoms with van der Waals surface area (Å²) in [6.07, 6.45) is -0.974. The maximum atomic E-state index is 11.7. The van der Waals surface area contributed by atoms with Gasteiger partial charge < -0.3 is 10.0 Å². The van der Waals surface area contributed by atoms with Crippen LogP contribution in [-0.2, 0) is 4.79 Å². The molecule has 0 saturated carbocycles. The van der Waals surface area contributed by atoms with E-state index in [1.807, 2.05) is 0 Å². The maximum Gasteiger partial charge on any atom is 0.327 e. The van der Waals surface area contributed by atoms with Crippen molar-refractivity contribution in [3.63, 3.8) is 0 Å². The highest BCUT2D eigenvalue weighted by molar-refractivity contribution is 6.31. The van der Waals surface area contributed by atoms with Crippen LogP contribution in [0.5, 0.6) is 0 Å². The summed E-state index contributed by atoms with van der Waals surface area (Å²) < 4.78 is 0. The second-order valence-electron chi connectivity index (χ2n) is 4.18. The minimum atomic E-state index is -0.974. The van der Waals surface area contributed by atoms with Gasteiger partial charge in [0.05, 0.1) is 12.6 Å². The van der Waals surface area contributed by atoms with Crippen molar-refractivity contribution in [3.05, 3.63) is 34.9 Å². The molecular weight excluding hydrogens is 256 g/mol. The molecule has 1 aliphatic rings. The predicted octanol–water partition coefficient (Wildman–Crippen LogP) is 1.27. The van der Waals surface area contributed by atoms with Crippen molar-refractivity contribution in [2.24, 2.45) is 0 Å². The number of imide groups is 1. The standard InChI is InChI=1S/C12H13ClN2O3/c1-14-7-11(17)15(12(14)18)6-10(16)8-4-2-3-5-9(8)13/h2-5,10,16H,6-7H2,1H3. The Hall–Kier alpha value is -1.59. The third-order valence-corrected chi connectivity index (χ3v) is 3.19. The molecular formula is C12H13ClN2O3. The Bertz CT molecular complexity index is 492. The van der Waals surface area contributed by atoms with Crippen molar-refractivity contribution in [2.75, 3.05) is 20.1 Å². The van der Waals surface area contributed by atoms with Crippen molar-refractivity contribution in [1.29, 1.82) is 0 Å². The zero-order valence-electron chi connectivity index (χ0n) is 9.84. The first-order chi connectivity index (χ1) is 8.50. The van der Waals surface area contributed by atoms with Gasteiger partial charge in [0.1, 0.15) is 6.54 Å². The van der Waals surface area contributed by atoms with Crippen LogP contribution in [0.1, 0.15) is 11.7 Å². The van der Waals surface area contributed by atoms with Gasteiger partial charge in [0, 0.05) is 17.6 Å². The van der Waals surface area contributed by atoms with Crippen LogP contribution in [0.25, 0.3) is 0 Å². The highest BCUT2D eigenvalue weighted by Gasteiger charge is 2.35. The zero-order valence-corrected chi connectivity index (χ0v) is 10.6. The summed E-state index contributed by atoms with van der Waals surface area (Å²) in [7, 11) is 1.54. The Morgan fingerprint density at radius 1 is 1.39 bits per heavy atom. The van der Waals surface area contributed by atoms with Crippen molar-refractivity contribution in [1.82, 2.24) is 9.80 Å². The molecule has 96 valence electrons. The predicted molar refractivity (Wildman–Crippen MR) is 66.2 cm³/mol. The number of aliphatic hydroxyl groups excluding tert-OH is 1. The molecule has 1 aliphatic heterocycles. The number of rotatable bonds is 3. The molecule has 1 atom stereocenters. The van der Waals surface area contributed by atoms with E-state index in [9.17, 15) is 14.7 Å². The fraction of sp³-hybridized carbons (Fsp3) is 0.333. The summed E-state index contributed by atoms with van der Waals surface area (Å²) in [5.74, 6) is -0.311. The molecule has 1 fully saturated rings. The number of urea groups is 1. The largest absolute Gasteiger partial charge is 0.386 e. The fourth-order valence-electron chi connectivity index (χ4n) is 1.87. The Morgan fingerprint density at radius 3 is 2.61 bits per heavy atom. The third-order valence-electron chi connectivity index (χ3n) is 2.85. The molecule has 1 heterocycles. The number of benzene rings is 1. The topological polar surface area (TPSA) is 60.9 Å². The normalized spacial score (nSPS) is 17.5. The number of halogens is 1. The van der Waals surface area contributed by atoms with Crippen LogP contribution in [0.3, 0.4) is 0 Å². The minimum absolute atomic E-state index is 0.0497. The molecule has 3 amide bonds. The van der Waals surface area contributed by atoms with Crippen LogP contribution < -0.4 is 0 Å². The van der Waals surface area contributed by atoms with Crippen molar-refractivity contribution < 1.29 is 14.7 Å². The van der Waals surface area contributed by atoms with Gasteiger partial charge in [0.2, 0.25) is 5.91 Å². The first-order valence-electron chi connectivity index (χ1n) is 5.48. The summed E-state index contributed by atoms with van der Waals surface area (Å²) in [6, 6.07) is 6.41. The van der Waals surface area contributed by atoms with E-state index >= 15 is 0 Å². The van der Waals surface area contributed by atoms with Crippen LogP contribution in [-0.4, -0.2) is 47.0 Å². The molecule has 0 spiro atoms. The van der Waals surface area contributed by atoms with Crippen LogP contribution in [0.4, 0.5) is 4.79 Å². The number of hydrogen-bond donors (Lipinski definition) is 1. The Labute approximate surface area is 110 Å². The Morgan fingerprint density at radius 2 is 2.06 bits per heavy atom. The first kappa shape index (κ1) is 12.9. The van der Waals surface area contributed by atoms with E-state index in [0.29, 0.717) is 10.6 Å². The second-order valence-corrected chi connectivity index (χ2v) is 4.59. The number of hydrogen-bond acceptors (Lipinski definition) is 3. The van der Waals surface area contributed by atoms with E-state index in [2.05, 4.69) is 0 Å². The molecule has 0 aromatic heterocycles. The SMILES string of the molecule is CN1CC(=O)N(CC(O)c2ccccc2Cl)C1=O. The van der Waals surface area contributed by atoms with Crippen LogP contribution >= 0.6 is 11.6 Å². The van der Waals surface area contributed by atoms with Gasteiger partial charge in [-0.1, -0.05) is 29.8 Å². The average molecular weight is 269 g/mol. The average Bonchev–Trinajstić information content (AvgIpc) is 2.56. The van der Waals surface area contributed by atoms with Gasteiger partial charge in [-0.3, -0.25) is 9.69 Å². The lowest BCUT2D eigenvalue weighted by Crippen LogP contribution is -2.35. The number of nitrogens with zero attached hydrogens (tertiary/aromatic N) is 2. The molecule has 0 bridgehead atoms. The number of β-amino-alcohol motifs (C(OH)–C–C–N with tert-alkyl or cyclic N) is 1. The first-order valence-corrected chi connectivity index (χ1v) is 5.86. The van der Waals surface area contributed by atoms with Gasteiger partial charge >= 0.3 is 6.03 Å². The molecule has 1 aromatic carbocycles. The zero-order chi connectivity index (χ0) is 13.3. The van der Waals surface area contributed by atoms with Crippen LogP contribution in [0, 0.1) is 0 Å². The second kappa shape index (κ2) is 4.96. The highest BCUT2D eigenvalue weighted by Crippen LogP contribution is 2.24. The highest BCUT2D eigenvalue weighted by atomic mass is 35.5.